The van der Waals surface area contributed by atoms with Crippen LogP contribution in [0.25, 0.3) is 0 Å². The molecule has 0 radical (unpaired) electrons. The zero-order valence-corrected chi connectivity index (χ0v) is 14.8. The number of hydrogen-bond donors (Lipinski definition) is 1. The molecule has 0 saturated heterocycles. The number of likely N-dealkylation sites (N-methyl/N-ethyl adjacent to an activating group) is 1. The molecule has 4 nitrogen and oxygen atoms in total. The third-order valence-electron chi connectivity index (χ3n) is 3.31. The first-order valence-electron chi connectivity index (χ1n) is 7.09. The van der Waals surface area contributed by atoms with E-state index in [-0.39, 0.29) is 6.04 Å². The van der Waals surface area contributed by atoms with Crippen LogP contribution in [0.3, 0.4) is 0 Å². The van der Waals surface area contributed by atoms with E-state index >= 15 is 0 Å². The Labute approximate surface area is 139 Å². The van der Waals surface area contributed by atoms with Gasteiger partial charge < -0.3 is 5.32 Å². The molecular formula is C15H20BrClN4. The molecule has 0 spiro atoms. The second kappa shape index (κ2) is 7.38. The van der Waals surface area contributed by atoms with E-state index in [1.165, 1.54) is 0 Å². The van der Waals surface area contributed by atoms with Crippen LogP contribution in [0.1, 0.15) is 44.2 Å². The van der Waals surface area contributed by atoms with Crippen molar-refractivity contribution in [3.8, 4) is 0 Å². The maximum absolute atomic E-state index is 6.14. The molecule has 21 heavy (non-hydrogen) atoms. The Morgan fingerprint density at radius 3 is 2.81 bits per heavy atom. The second-order valence-electron chi connectivity index (χ2n) is 5.19. The molecule has 2 aromatic rings. The fourth-order valence-corrected chi connectivity index (χ4v) is 3.06. The van der Waals surface area contributed by atoms with Gasteiger partial charge in [0, 0.05) is 28.0 Å². The zero-order valence-electron chi connectivity index (χ0n) is 12.5. The van der Waals surface area contributed by atoms with E-state index in [0.717, 1.165) is 33.8 Å². The molecule has 0 aliphatic rings. The topological polar surface area (TPSA) is 42.7 Å². The molecule has 6 heteroatoms. The Hall–Kier alpha value is -0.910. The van der Waals surface area contributed by atoms with E-state index in [9.17, 15) is 0 Å². The lowest BCUT2D eigenvalue weighted by atomic mass is 10.0. The highest BCUT2D eigenvalue weighted by molar-refractivity contribution is 9.10. The second-order valence-corrected chi connectivity index (χ2v) is 6.49. The summed E-state index contributed by atoms with van der Waals surface area (Å²) >= 11 is 9.75. The minimum Gasteiger partial charge on any atom is -0.310 e. The quantitative estimate of drug-likeness (QED) is 0.829. The van der Waals surface area contributed by atoms with Crippen LogP contribution in [0, 0.1) is 0 Å². The first-order valence-corrected chi connectivity index (χ1v) is 8.26. The molecular weight excluding hydrogens is 352 g/mol. The zero-order chi connectivity index (χ0) is 15.4. The molecule has 0 fully saturated rings. The summed E-state index contributed by atoms with van der Waals surface area (Å²) in [5.41, 5.74) is 1.14. The van der Waals surface area contributed by atoms with Crippen LogP contribution in [0.5, 0.6) is 0 Å². The van der Waals surface area contributed by atoms with Gasteiger partial charge >= 0.3 is 0 Å². The first kappa shape index (κ1) is 16.5. The average molecular weight is 372 g/mol. The van der Waals surface area contributed by atoms with Gasteiger partial charge in [0.05, 0.1) is 0 Å². The predicted octanol–water partition coefficient (Wildman–Crippen LogP) is 4.17. The van der Waals surface area contributed by atoms with E-state index in [0.29, 0.717) is 6.04 Å². The van der Waals surface area contributed by atoms with E-state index in [4.69, 9.17) is 11.6 Å². The summed E-state index contributed by atoms with van der Waals surface area (Å²) in [6, 6.07) is 6.30. The number of halogens is 2. The predicted molar refractivity (Wildman–Crippen MR) is 89.7 cm³/mol. The van der Waals surface area contributed by atoms with Crippen LogP contribution < -0.4 is 5.32 Å². The van der Waals surface area contributed by atoms with E-state index in [2.05, 4.69) is 52.1 Å². The summed E-state index contributed by atoms with van der Waals surface area (Å²) < 4.78 is 3.01. The van der Waals surface area contributed by atoms with Crippen molar-refractivity contribution < 1.29 is 0 Å². The number of nitrogens with zero attached hydrogens (tertiary/aromatic N) is 3. The normalized spacial score (nSPS) is 12.9. The smallest absolute Gasteiger partial charge is 0.138 e. The lowest BCUT2D eigenvalue weighted by Gasteiger charge is -2.20. The molecule has 1 aromatic carbocycles. The van der Waals surface area contributed by atoms with Crippen LogP contribution in [-0.2, 0) is 6.42 Å². The van der Waals surface area contributed by atoms with E-state index < -0.39 is 0 Å². The summed E-state index contributed by atoms with van der Waals surface area (Å²) in [5, 5.41) is 8.54. The van der Waals surface area contributed by atoms with Crippen molar-refractivity contribution in [1.29, 1.82) is 0 Å². The van der Waals surface area contributed by atoms with Gasteiger partial charge in [0.2, 0.25) is 0 Å². The average Bonchev–Trinajstić information content (AvgIpc) is 2.89. The molecule has 0 aliphatic heterocycles. The molecule has 1 heterocycles. The van der Waals surface area contributed by atoms with Crippen molar-refractivity contribution >= 4 is 27.5 Å². The molecule has 0 aliphatic carbocycles. The van der Waals surface area contributed by atoms with Crippen molar-refractivity contribution in [2.24, 2.45) is 0 Å². The lowest BCUT2D eigenvalue weighted by molar-refractivity contribution is 0.468. The fraction of sp³-hybridized carbons (Fsp3) is 0.467. The Morgan fingerprint density at radius 1 is 1.38 bits per heavy atom. The molecule has 2 rings (SSSR count). The summed E-state index contributed by atoms with van der Waals surface area (Å²) in [7, 11) is 0. The van der Waals surface area contributed by atoms with Crippen LogP contribution in [0.15, 0.2) is 29.0 Å². The maximum atomic E-state index is 6.14. The molecule has 114 valence electrons. The van der Waals surface area contributed by atoms with Crippen molar-refractivity contribution in [2.45, 2.75) is 39.3 Å². The van der Waals surface area contributed by atoms with Gasteiger partial charge in [0.1, 0.15) is 12.2 Å². The van der Waals surface area contributed by atoms with Crippen molar-refractivity contribution in [3.05, 3.63) is 45.4 Å². The van der Waals surface area contributed by atoms with Crippen LogP contribution in [-0.4, -0.2) is 21.3 Å². The lowest BCUT2D eigenvalue weighted by Crippen LogP contribution is -2.25. The van der Waals surface area contributed by atoms with Gasteiger partial charge in [-0.15, -0.1) is 0 Å². The minimum atomic E-state index is 0.143. The third-order valence-corrected chi connectivity index (χ3v) is 4.26. The molecule has 0 saturated carbocycles. The van der Waals surface area contributed by atoms with Crippen LogP contribution in [0.2, 0.25) is 5.02 Å². The number of benzene rings is 1. The Kier molecular flexibility index (Phi) is 5.79. The number of hydrogen-bond acceptors (Lipinski definition) is 3. The van der Waals surface area contributed by atoms with Gasteiger partial charge in [0.15, 0.2) is 0 Å². The fourth-order valence-electron chi connectivity index (χ4n) is 2.35. The van der Waals surface area contributed by atoms with Gasteiger partial charge in [-0.1, -0.05) is 34.5 Å². The first-order chi connectivity index (χ1) is 10.0. The monoisotopic (exact) mass is 370 g/mol. The number of nitrogens with one attached hydrogen (secondary N) is 1. The summed E-state index contributed by atoms with van der Waals surface area (Å²) in [4.78, 5) is 4.40. The highest BCUT2D eigenvalue weighted by atomic mass is 79.9. The highest BCUT2D eigenvalue weighted by Gasteiger charge is 2.18. The van der Waals surface area contributed by atoms with Crippen LogP contribution in [0.4, 0.5) is 0 Å². The largest absolute Gasteiger partial charge is 0.310 e. The van der Waals surface area contributed by atoms with Gasteiger partial charge in [-0.25, -0.2) is 9.67 Å². The van der Waals surface area contributed by atoms with Crippen LogP contribution >= 0.6 is 27.5 Å². The summed E-state index contributed by atoms with van der Waals surface area (Å²) in [5.74, 6) is 0.975. The van der Waals surface area contributed by atoms with E-state index in [1.807, 2.05) is 22.9 Å². The number of rotatable bonds is 6. The van der Waals surface area contributed by atoms with Crippen molar-refractivity contribution in [3.63, 3.8) is 0 Å². The van der Waals surface area contributed by atoms with Gasteiger partial charge in [-0.3, -0.25) is 0 Å². The van der Waals surface area contributed by atoms with Crippen molar-refractivity contribution in [2.75, 3.05) is 6.54 Å². The van der Waals surface area contributed by atoms with Gasteiger partial charge in [-0.2, -0.15) is 5.10 Å². The van der Waals surface area contributed by atoms with Crippen molar-refractivity contribution in [1.82, 2.24) is 20.1 Å². The van der Waals surface area contributed by atoms with Gasteiger partial charge in [0.25, 0.3) is 0 Å². The summed E-state index contributed by atoms with van der Waals surface area (Å²) in [6.45, 7) is 7.18. The molecule has 1 atom stereocenters. The van der Waals surface area contributed by atoms with Gasteiger partial charge in [-0.05, 0) is 44.2 Å². The number of aromatic nitrogens is 3. The Balaban J connectivity index is 2.31. The standard InChI is InChI=1S/C15H20BrClN4/c1-4-18-14(12-7-11(17)5-6-13(12)16)8-15-19-9-20-21(15)10(2)3/h5-7,9-10,14,18H,4,8H2,1-3H3. The molecule has 0 amide bonds. The molecule has 1 aromatic heterocycles. The Bertz CT molecular complexity index is 597. The third kappa shape index (κ3) is 4.05. The van der Waals surface area contributed by atoms with E-state index in [1.54, 1.807) is 6.33 Å². The minimum absolute atomic E-state index is 0.143. The maximum Gasteiger partial charge on any atom is 0.138 e. The molecule has 1 unspecified atom stereocenters. The SMILES string of the molecule is CCNC(Cc1ncnn1C(C)C)c1cc(Cl)ccc1Br. The highest BCUT2D eigenvalue weighted by Crippen LogP contribution is 2.29. The Morgan fingerprint density at radius 2 is 2.14 bits per heavy atom. The molecule has 1 N–H and O–H groups in total. The summed E-state index contributed by atoms with van der Waals surface area (Å²) in [6.07, 6.45) is 2.39. The molecule has 0 bridgehead atoms.